The Kier molecular flexibility index (Phi) is 8.30. The van der Waals surface area contributed by atoms with Crippen LogP contribution in [0.3, 0.4) is 0 Å². The highest BCUT2D eigenvalue weighted by molar-refractivity contribution is 6.08. The quantitative estimate of drug-likeness (QED) is 0.155. The van der Waals surface area contributed by atoms with Crippen LogP contribution in [0.15, 0.2) is 89.3 Å². The smallest absolute Gasteiger partial charge is 0.203 e. The van der Waals surface area contributed by atoms with Gasteiger partial charge in [-0.1, -0.05) is 69.2 Å². The molecular weight excluding hydrogens is 496 g/mol. The van der Waals surface area contributed by atoms with Crippen LogP contribution in [0.5, 0.6) is 0 Å². The Labute approximate surface area is 235 Å². The number of rotatable bonds is 10. The Bertz CT molecular complexity index is 1670. The molecule has 204 valence electrons. The second kappa shape index (κ2) is 12.2. The molecule has 3 aromatic carbocycles. The van der Waals surface area contributed by atoms with Crippen molar-refractivity contribution in [3.63, 3.8) is 0 Å². The van der Waals surface area contributed by atoms with E-state index in [0.717, 1.165) is 83.3 Å². The minimum absolute atomic E-state index is 0.158. The Morgan fingerprint density at radius 3 is 2.25 bits per heavy atom. The third kappa shape index (κ3) is 5.64. The number of benzene rings is 4. The van der Waals surface area contributed by atoms with E-state index in [1.54, 1.807) is 12.1 Å². The Hall–Kier alpha value is -4.38. The van der Waals surface area contributed by atoms with Crippen molar-refractivity contribution in [3.05, 3.63) is 101 Å². The zero-order valence-corrected chi connectivity index (χ0v) is 23.5. The van der Waals surface area contributed by atoms with Crippen molar-refractivity contribution >= 4 is 28.3 Å². The Morgan fingerprint density at radius 2 is 1.55 bits per heavy atom. The molecule has 5 rings (SSSR count). The van der Waals surface area contributed by atoms with Crippen molar-refractivity contribution in [3.8, 4) is 22.5 Å². The lowest BCUT2D eigenvalue weighted by Crippen LogP contribution is -2.31. The number of carbonyl (C=O) groups excluding carboxylic acids is 1. The van der Waals surface area contributed by atoms with Crippen molar-refractivity contribution in [1.29, 1.82) is 0 Å². The first-order chi connectivity index (χ1) is 19.5. The van der Waals surface area contributed by atoms with Crippen LogP contribution in [0.25, 0.3) is 33.4 Å². The molecule has 0 atom stereocenters. The minimum Gasteiger partial charge on any atom is -0.545 e. The third-order valence-corrected chi connectivity index (χ3v) is 7.45. The first kappa shape index (κ1) is 27.2. The SMILES string of the molecule is CCCC[N+](CCCC)=c1ccc2c(-c3ccccc3C(=O)[O-])c3cc(Nc4ccccc4)c(C)cc3oc-2c1. The molecule has 3 aromatic rings. The molecule has 5 nitrogen and oxygen atoms in total. The fraction of sp³-hybridized carbons (Fsp3) is 0.257. The summed E-state index contributed by atoms with van der Waals surface area (Å²) in [5, 5.41) is 17.7. The van der Waals surface area contributed by atoms with E-state index in [1.807, 2.05) is 55.5 Å². The molecule has 0 fully saturated rings. The lowest BCUT2D eigenvalue weighted by Gasteiger charge is -2.20. The standard InChI is InChI=1S/C35H36N2O3/c1-4-6-19-37(20-7-5-2)26-17-18-29-33(22-26)40-32-21-24(3)31(36-25-13-9-8-10-14-25)23-30(32)34(29)27-15-11-12-16-28(27)35(38)39/h8-18,21-23,36H,4-7,19-20H2,1-3H3. The molecule has 5 heteroatoms. The second-order valence-electron chi connectivity index (χ2n) is 10.3. The topological polar surface area (TPSA) is 68.3 Å². The van der Waals surface area contributed by atoms with Crippen LogP contribution < -0.4 is 20.4 Å². The summed E-state index contributed by atoms with van der Waals surface area (Å²) in [6, 6.07) is 27.5. The fourth-order valence-corrected chi connectivity index (χ4v) is 5.27. The number of nitrogens with zero attached hydrogens (tertiary/aromatic N) is 1. The number of carbonyl (C=O) groups is 1. The molecule has 1 N–H and O–H groups in total. The summed E-state index contributed by atoms with van der Waals surface area (Å²) in [5.41, 5.74) is 6.11. The average Bonchev–Trinajstić information content (AvgIpc) is 2.97. The molecule has 0 saturated heterocycles. The van der Waals surface area contributed by atoms with Crippen LogP contribution in [0.2, 0.25) is 0 Å². The van der Waals surface area contributed by atoms with Gasteiger partial charge in [0, 0.05) is 52.4 Å². The molecule has 2 aliphatic rings. The van der Waals surface area contributed by atoms with Gasteiger partial charge in [0.15, 0.2) is 0 Å². The molecule has 0 unspecified atom stereocenters. The van der Waals surface area contributed by atoms with Gasteiger partial charge in [0.1, 0.15) is 24.4 Å². The van der Waals surface area contributed by atoms with Gasteiger partial charge in [-0.3, -0.25) is 0 Å². The molecule has 0 spiro atoms. The number of aryl methyl sites for hydroxylation is 1. The zero-order chi connectivity index (χ0) is 28.1. The highest BCUT2D eigenvalue weighted by Crippen LogP contribution is 2.42. The van der Waals surface area contributed by atoms with E-state index in [0.29, 0.717) is 11.1 Å². The summed E-state index contributed by atoms with van der Waals surface area (Å²) in [6.07, 6.45) is 4.51. The largest absolute Gasteiger partial charge is 0.545 e. The Balaban J connectivity index is 1.81. The zero-order valence-electron chi connectivity index (χ0n) is 23.5. The number of aromatic carboxylic acids is 1. The van der Waals surface area contributed by atoms with E-state index < -0.39 is 5.97 Å². The number of hydrogen-bond donors (Lipinski definition) is 1. The summed E-state index contributed by atoms with van der Waals surface area (Å²) in [6.45, 7) is 8.45. The van der Waals surface area contributed by atoms with E-state index in [2.05, 4.69) is 48.0 Å². The van der Waals surface area contributed by atoms with Gasteiger partial charge >= 0.3 is 0 Å². The highest BCUT2D eigenvalue weighted by Gasteiger charge is 2.21. The molecule has 40 heavy (non-hydrogen) atoms. The summed E-state index contributed by atoms with van der Waals surface area (Å²) in [5.74, 6) is -0.469. The normalized spacial score (nSPS) is 11.2. The first-order valence-electron chi connectivity index (χ1n) is 14.2. The van der Waals surface area contributed by atoms with Crippen LogP contribution >= 0.6 is 0 Å². The van der Waals surface area contributed by atoms with Crippen molar-refractivity contribution in [2.45, 2.75) is 46.5 Å². The summed E-state index contributed by atoms with van der Waals surface area (Å²) in [7, 11) is 0. The van der Waals surface area contributed by atoms with Gasteiger partial charge in [-0.2, -0.15) is 0 Å². The summed E-state index contributed by atoms with van der Waals surface area (Å²) in [4.78, 5) is 12.2. The number of nitrogens with one attached hydrogen (secondary N) is 1. The van der Waals surface area contributed by atoms with Crippen LogP contribution in [0.4, 0.5) is 11.4 Å². The fourth-order valence-electron chi connectivity index (χ4n) is 5.27. The molecule has 1 heterocycles. The van der Waals surface area contributed by atoms with Gasteiger partial charge in [0.05, 0.1) is 12.0 Å². The Morgan fingerprint density at radius 1 is 0.850 bits per heavy atom. The molecule has 0 bridgehead atoms. The number of carboxylic acid groups (broad SMARTS) is 1. The number of hydrogen-bond acceptors (Lipinski definition) is 4. The third-order valence-electron chi connectivity index (χ3n) is 7.45. The number of unbranched alkanes of at least 4 members (excludes halogenated alkanes) is 2. The van der Waals surface area contributed by atoms with E-state index in [9.17, 15) is 9.90 Å². The predicted octanol–water partition coefficient (Wildman–Crippen LogP) is 6.99. The summed E-state index contributed by atoms with van der Waals surface area (Å²) >= 11 is 0. The van der Waals surface area contributed by atoms with Crippen molar-refractivity contribution in [2.24, 2.45) is 0 Å². The van der Waals surface area contributed by atoms with Gasteiger partial charge in [0.25, 0.3) is 0 Å². The highest BCUT2D eigenvalue weighted by atomic mass is 16.4. The molecule has 0 aromatic heterocycles. The minimum atomic E-state index is -1.20. The van der Waals surface area contributed by atoms with E-state index in [4.69, 9.17) is 4.42 Å². The number of para-hydroxylation sites is 1. The van der Waals surface area contributed by atoms with Gasteiger partial charge in [-0.15, -0.1) is 0 Å². The van der Waals surface area contributed by atoms with Gasteiger partial charge in [0.2, 0.25) is 5.36 Å². The molecule has 1 aliphatic carbocycles. The van der Waals surface area contributed by atoms with E-state index >= 15 is 0 Å². The van der Waals surface area contributed by atoms with E-state index in [-0.39, 0.29) is 5.56 Å². The van der Waals surface area contributed by atoms with Crippen LogP contribution in [-0.4, -0.2) is 19.1 Å². The van der Waals surface area contributed by atoms with Gasteiger partial charge in [-0.25, -0.2) is 4.58 Å². The monoisotopic (exact) mass is 532 g/mol. The average molecular weight is 533 g/mol. The second-order valence-corrected chi connectivity index (χ2v) is 10.3. The van der Waals surface area contributed by atoms with E-state index in [1.165, 1.54) is 0 Å². The molecule has 0 radical (unpaired) electrons. The predicted molar refractivity (Wildman–Crippen MR) is 162 cm³/mol. The van der Waals surface area contributed by atoms with Gasteiger partial charge in [-0.05, 0) is 48.4 Å². The number of anilines is 2. The van der Waals surface area contributed by atoms with Crippen molar-refractivity contribution in [1.82, 2.24) is 4.58 Å². The van der Waals surface area contributed by atoms with Crippen LogP contribution in [0, 0.1) is 6.92 Å². The molecule has 1 aliphatic heterocycles. The molecule has 0 amide bonds. The molecule has 0 saturated carbocycles. The first-order valence-corrected chi connectivity index (χ1v) is 14.2. The van der Waals surface area contributed by atoms with Gasteiger partial charge < -0.3 is 19.6 Å². The van der Waals surface area contributed by atoms with Crippen molar-refractivity contribution < 1.29 is 14.3 Å². The maximum atomic E-state index is 12.2. The van der Waals surface area contributed by atoms with Crippen molar-refractivity contribution in [2.75, 3.05) is 18.4 Å². The number of carboxylic acids is 1. The maximum Gasteiger partial charge on any atom is 0.203 e. The maximum absolute atomic E-state index is 12.2. The lowest BCUT2D eigenvalue weighted by atomic mass is 9.90. The van der Waals surface area contributed by atoms with Crippen LogP contribution in [0.1, 0.15) is 55.5 Å². The summed E-state index contributed by atoms with van der Waals surface area (Å²) < 4.78 is 9.01. The lowest BCUT2D eigenvalue weighted by molar-refractivity contribution is -0.254. The molecular formula is C35H36N2O3. The number of fused-ring (bicyclic) bond motifs is 2. The van der Waals surface area contributed by atoms with Crippen LogP contribution in [-0.2, 0) is 0 Å².